The summed E-state index contributed by atoms with van der Waals surface area (Å²) in [5, 5.41) is 12.2. The monoisotopic (exact) mass is 293 g/mol. The highest BCUT2D eigenvalue weighted by Gasteiger charge is 2.24. The Bertz CT molecular complexity index is 410. The first-order chi connectivity index (χ1) is 8.20. The van der Waals surface area contributed by atoms with E-state index in [4.69, 9.17) is 5.26 Å². The first-order valence-electron chi connectivity index (χ1n) is 5.83. The summed E-state index contributed by atoms with van der Waals surface area (Å²) >= 11 is 3.45. The van der Waals surface area contributed by atoms with Gasteiger partial charge in [0, 0.05) is 35.3 Å². The van der Waals surface area contributed by atoms with Gasteiger partial charge in [-0.05, 0) is 31.2 Å². The van der Waals surface area contributed by atoms with Crippen molar-refractivity contribution in [1.29, 1.82) is 5.26 Å². The van der Waals surface area contributed by atoms with Crippen LogP contribution in [0.3, 0.4) is 0 Å². The van der Waals surface area contributed by atoms with Gasteiger partial charge in [0.1, 0.15) is 0 Å². The van der Waals surface area contributed by atoms with Crippen LogP contribution in [0.4, 0.5) is 5.69 Å². The Balaban J connectivity index is 2.12. The Morgan fingerprint density at radius 2 is 2.18 bits per heavy atom. The van der Waals surface area contributed by atoms with E-state index in [1.54, 1.807) is 0 Å². The summed E-state index contributed by atoms with van der Waals surface area (Å²) in [5.74, 6) is 0. The molecule has 1 heterocycles. The van der Waals surface area contributed by atoms with Crippen molar-refractivity contribution in [3.8, 4) is 6.07 Å². The fraction of sp³-hybridized carbons (Fsp3) is 0.462. The van der Waals surface area contributed by atoms with Crippen LogP contribution < -0.4 is 10.2 Å². The lowest BCUT2D eigenvalue weighted by molar-refractivity contribution is 0.409. The maximum atomic E-state index is 8.76. The predicted molar refractivity (Wildman–Crippen MR) is 73.0 cm³/mol. The second kappa shape index (κ2) is 5.52. The molecule has 1 aliphatic heterocycles. The van der Waals surface area contributed by atoms with Crippen LogP contribution in [0.2, 0.25) is 0 Å². The van der Waals surface area contributed by atoms with Crippen molar-refractivity contribution in [2.24, 2.45) is 0 Å². The summed E-state index contributed by atoms with van der Waals surface area (Å²) < 4.78 is 1.10. The molecule has 1 fully saturated rings. The van der Waals surface area contributed by atoms with Gasteiger partial charge < -0.3 is 10.2 Å². The molecule has 1 saturated heterocycles. The van der Waals surface area contributed by atoms with Gasteiger partial charge >= 0.3 is 0 Å². The van der Waals surface area contributed by atoms with Gasteiger partial charge in [-0.25, -0.2) is 0 Å². The Labute approximate surface area is 111 Å². The summed E-state index contributed by atoms with van der Waals surface area (Å²) in [7, 11) is 0. The molecule has 1 aliphatic rings. The van der Waals surface area contributed by atoms with E-state index in [-0.39, 0.29) is 6.04 Å². The van der Waals surface area contributed by atoms with Crippen molar-refractivity contribution in [3.05, 3.63) is 28.7 Å². The molecule has 90 valence electrons. The van der Waals surface area contributed by atoms with Gasteiger partial charge in [0.05, 0.1) is 12.5 Å². The van der Waals surface area contributed by atoms with Crippen LogP contribution in [0.15, 0.2) is 28.7 Å². The number of rotatable bonds is 2. The lowest BCUT2D eigenvalue weighted by Gasteiger charge is -2.39. The zero-order valence-electron chi connectivity index (χ0n) is 9.86. The Hall–Kier alpha value is -1.05. The molecule has 1 aromatic carbocycles. The number of hydrogen-bond acceptors (Lipinski definition) is 3. The molecule has 0 spiro atoms. The Kier molecular flexibility index (Phi) is 4.03. The van der Waals surface area contributed by atoms with Crippen molar-refractivity contribution < 1.29 is 0 Å². The Morgan fingerprint density at radius 1 is 1.47 bits per heavy atom. The molecule has 0 aromatic heterocycles. The van der Waals surface area contributed by atoms with Gasteiger partial charge in [0.15, 0.2) is 0 Å². The first kappa shape index (κ1) is 12.4. The number of hydrogen-bond donors (Lipinski definition) is 1. The van der Waals surface area contributed by atoms with Gasteiger partial charge in [0.25, 0.3) is 0 Å². The lowest BCUT2D eigenvalue weighted by Crippen LogP contribution is -2.55. The van der Waals surface area contributed by atoms with Crippen molar-refractivity contribution in [1.82, 2.24) is 5.32 Å². The molecule has 2 unspecified atom stereocenters. The van der Waals surface area contributed by atoms with Crippen LogP contribution in [0, 0.1) is 11.3 Å². The normalized spacial score (nSPS) is 24.4. The molecule has 0 radical (unpaired) electrons. The second-order valence-electron chi connectivity index (χ2n) is 4.45. The van der Waals surface area contributed by atoms with Crippen LogP contribution in [0.5, 0.6) is 0 Å². The van der Waals surface area contributed by atoms with E-state index in [0.717, 1.165) is 17.6 Å². The number of halogens is 1. The molecular formula is C13H16BrN3. The number of piperazine rings is 1. The first-order valence-corrected chi connectivity index (χ1v) is 6.62. The van der Waals surface area contributed by atoms with E-state index < -0.39 is 0 Å². The van der Waals surface area contributed by atoms with Crippen molar-refractivity contribution in [2.45, 2.75) is 25.4 Å². The number of anilines is 1. The largest absolute Gasteiger partial charge is 0.366 e. The summed E-state index contributed by atoms with van der Waals surface area (Å²) in [6.45, 7) is 4.04. The molecule has 1 N–H and O–H groups in total. The SMILES string of the molecule is CC1CNC(CC#N)CN1c1ccc(Br)cc1. The highest BCUT2D eigenvalue weighted by atomic mass is 79.9. The topological polar surface area (TPSA) is 39.1 Å². The molecular weight excluding hydrogens is 278 g/mol. The standard InChI is InChI=1S/C13H16BrN3/c1-10-8-16-12(6-7-15)9-17(10)13-4-2-11(14)3-5-13/h2-5,10,12,16H,6,8-9H2,1H3. The number of nitriles is 1. The van der Waals surface area contributed by atoms with Crippen LogP contribution in [0.25, 0.3) is 0 Å². The summed E-state index contributed by atoms with van der Waals surface area (Å²) in [4.78, 5) is 2.37. The van der Waals surface area contributed by atoms with Crippen molar-refractivity contribution in [2.75, 3.05) is 18.0 Å². The fourth-order valence-corrected chi connectivity index (χ4v) is 2.43. The maximum Gasteiger partial charge on any atom is 0.0638 e. The van der Waals surface area contributed by atoms with Crippen LogP contribution in [0.1, 0.15) is 13.3 Å². The van der Waals surface area contributed by atoms with Crippen LogP contribution in [-0.2, 0) is 0 Å². The molecule has 4 heteroatoms. The minimum absolute atomic E-state index is 0.278. The van der Waals surface area contributed by atoms with E-state index in [0.29, 0.717) is 12.5 Å². The second-order valence-corrected chi connectivity index (χ2v) is 5.36. The average Bonchev–Trinajstić information content (AvgIpc) is 2.33. The number of nitrogens with zero attached hydrogens (tertiary/aromatic N) is 2. The number of nitrogens with one attached hydrogen (secondary N) is 1. The molecule has 17 heavy (non-hydrogen) atoms. The molecule has 1 aromatic rings. The third-order valence-electron chi connectivity index (χ3n) is 3.15. The third kappa shape index (κ3) is 2.99. The minimum atomic E-state index is 0.278. The quantitative estimate of drug-likeness (QED) is 0.911. The zero-order valence-corrected chi connectivity index (χ0v) is 11.4. The van der Waals surface area contributed by atoms with Gasteiger partial charge in [0.2, 0.25) is 0 Å². The van der Waals surface area contributed by atoms with Gasteiger partial charge in [-0.15, -0.1) is 0 Å². The summed E-state index contributed by atoms with van der Waals surface area (Å²) in [6.07, 6.45) is 0.569. The van der Waals surface area contributed by atoms with Crippen molar-refractivity contribution >= 4 is 21.6 Å². The molecule has 0 bridgehead atoms. The fourth-order valence-electron chi connectivity index (χ4n) is 2.17. The van der Waals surface area contributed by atoms with Gasteiger partial charge in [-0.3, -0.25) is 0 Å². The zero-order chi connectivity index (χ0) is 12.3. The van der Waals surface area contributed by atoms with E-state index >= 15 is 0 Å². The molecule has 0 saturated carbocycles. The van der Waals surface area contributed by atoms with Crippen LogP contribution in [-0.4, -0.2) is 25.2 Å². The summed E-state index contributed by atoms with van der Waals surface area (Å²) in [6, 6.07) is 11.3. The molecule has 0 amide bonds. The van der Waals surface area contributed by atoms with E-state index in [2.05, 4.69) is 63.4 Å². The predicted octanol–water partition coefficient (Wildman–Crippen LogP) is 2.53. The highest BCUT2D eigenvalue weighted by Crippen LogP contribution is 2.22. The maximum absolute atomic E-state index is 8.76. The van der Waals surface area contributed by atoms with E-state index in [9.17, 15) is 0 Å². The Morgan fingerprint density at radius 3 is 2.82 bits per heavy atom. The van der Waals surface area contributed by atoms with E-state index in [1.807, 2.05) is 0 Å². The van der Waals surface area contributed by atoms with Gasteiger partial charge in [-0.2, -0.15) is 5.26 Å². The van der Waals surface area contributed by atoms with Crippen molar-refractivity contribution in [3.63, 3.8) is 0 Å². The molecule has 3 nitrogen and oxygen atoms in total. The average molecular weight is 294 g/mol. The number of benzene rings is 1. The third-order valence-corrected chi connectivity index (χ3v) is 3.68. The van der Waals surface area contributed by atoms with Gasteiger partial charge in [-0.1, -0.05) is 15.9 Å². The summed E-state index contributed by atoms with van der Waals surface area (Å²) in [5.41, 5.74) is 1.23. The van der Waals surface area contributed by atoms with Crippen LogP contribution >= 0.6 is 15.9 Å². The lowest BCUT2D eigenvalue weighted by atomic mass is 10.1. The highest BCUT2D eigenvalue weighted by molar-refractivity contribution is 9.10. The molecule has 2 atom stereocenters. The van der Waals surface area contributed by atoms with E-state index in [1.165, 1.54) is 5.69 Å². The smallest absolute Gasteiger partial charge is 0.0638 e. The molecule has 2 rings (SSSR count). The minimum Gasteiger partial charge on any atom is -0.366 e. The molecule has 0 aliphatic carbocycles.